The Bertz CT molecular complexity index is 701. The molecule has 7 nitrogen and oxygen atoms in total. The molecule has 1 atom stereocenters. The summed E-state index contributed by atoms with van der Waals surface area (Å²) >= 11 is 0. The number of rotatable bonds is 2. The maximum atomic E-state index is 13.9. The second kappa shape index (κ2) is 4.26. The molecule has 2 aromatic heterocycles. The summed E-state index contributed by atoms with van der Waals surface area (Å²) in [6.45, 7) is -0.344. The van der Waals surface area contributed by atoms with Gasteiger partial charge in [-0.2, -0.15) is 0 Å². The lowest BCUT2D eigenvalue weighted by Gasteiger charge is -2.17. The Balaban J connectivity index is 1.84. The van der Waals surface area contributed by atoms with Gasteiger partial charge in [-0.1, -0.05) is 0 Å². The molecular weight excluding hydrogens is 267 g/mol. The molecule has 0 bridgehead atoms. The average molecular weight is 278 g/mol. The number of carbonyl (C=O) groups excluding carboxylic acids is 1. The number of nitrogens with zero attached hydrogens (tertiary/aromatic N) is 4. The fourth-order valence-electron chi connectivity index (χ4n) is 2.26. The van der Waals surface area contributed by atoms with E-state index in [4.69, 9.17) is 5.11 Å². The number of halogens is 1. The van der Waals surface area contributed by atoms with E-state index >= 15 is 0 Å². The van der Waals surface area contributed by atoms with Crippen LogP contribution >= 0.6 is 0 Å². The van der Waals surface area contributed by atoms with Gasteiger partial charge < -0.3 is 10.0 Å². The van der Waals surface area contributed by atoms with Crippen LogP contribution in [0.15, 0.2) is 24.7 Å². The Hall–Kier alpha value is -2.51. The molecule has 1 saturated heterocycles. The van der Waals surface area contributed by atoms with Crippen LogP contribution in [0.1, 0.15) is 16.8 Å². The molecule has 1 aliphatic rings. The summed E-state index contributed by atoms with van der Waals surface area (Å²) in [6, 6.07) is 3.18. The van der Waals surface area contributed by atoms with Crippen molar-refractivity contribution in [2.45, 2.75) is 12.1 Å². The van der Waals surface area contributed by atoms with Gasteiger partial charge in [-0.3, -0.25) is 9.20 Å². The summed E-state index contributed by atoms with van der Waals surface area (Å²) in [5.41, 5.74) is -1.42. The molecular formula is C12H11FN4O3. The maximum Gasteiger partial charge on any atom is 0.343 e. The standard InChI is InChI=1S/C12H11FN4O3/c13-12(11(19)20)3-4-16(6-12)10(18)8-1-2-9-15-14-7-17(9)5-8/h1-2,5,7H,3-4,6H2,(H,19,20). The first-order valence-electron chi connectivity index (χ1n) is 6.01. The van der Waals surface area contributed by atoms with Gasteiger partial charge in [0.2, 0.25) is 5.67 Å². The van der Waals surface area contributed by atoms with Gasteiger partial charge in [0.1, 0.15) is 6.33 Å². The van der Waals surface area contributed by atoms with Crippen molar-refractivity contribution in [3.05, 3.63) is 30.2 Å². The second-order valence-corrected chi connectivity index (χ2v) is 4.76. The number of carboxylic acid groups (broad SMARTS) is 1. The molecule has 0 saturated carbocycles. The number of carbonyl (C=O) groups is 2. The van der Waals surface area contributed by atoms with Crippen LogP contribution in [-0.4, -0.2) is 55.2 Å². The van der Waals surface area contributed by atoms with E-state index in [1.807, 2.05) is 0 Å². The van der Waals surface area contributed by atoms with Crippen molar-refractivity contribution in [3.8, 4) is 0 Å². The van der Waals surface area contributed by atoms with E-state index in [0.29, 0.717) is 11.2 Å². The molecule has 1 unspecified atom stereocenters. The van der Waals surface area contributed by atoms with Crippen molar-refractivity contribution in [2.24, 2.45) is 0 Å². The van der Waals surface area contributed by atoms with Gasteiger partial charge in [0.25, 0.3) is 5.91 Å². The predicted octanol–water partition coefficient (Wildman–Crippen LogP) is 0.368. The zero-order chi connectivity index (χ0) is 14.3. The minimum Gasteiger partial charge on any atom is -0.479 e. The molecule has 0 spiro atoms. The Morgan fingerprint density at radius 2 is 2.20 bits per heavy atom. The molecule has 104 valence electrons. The Kier molecular flexibility index (Phi) is 2.66. The lowest BCUT2D eigenvalue weighted by Crippen LogP contribution is -2.38. The van der Waals surface area contributed by atoms with E-state index in [0.717, 1.165) is 0 Å². The summed E-state index contributed by atoms with van der Waals surface area (Å²) in [6.07, 6.45) is 2.80. The van der Waals surface area contributed by atoms with Crippen molar-refractivity contribution in [3.63, 3.8) is 0 Å². The molecule has 20 heavy (non-hydrogen) atoms. The minimum atomic E-state index is -2.35. The summed E-state index contributed by atoms with van der Waals surface area (Å²) in [5, 5.41) is 16.3. The van der Waals surface area contributed by atoms with Crippen LogP contribution in [0.3, 0.4) is 0 Å². The Labute approximate surface area is 112 Å². The molecule has 1 aliphatic heterocycles. The highest BCUT2D eigenvalue weighted by Crippen LogP contribution is 2.27. The van der Waals surface area contributed by atoms with Gasteiger partial charge in [0.05, 0.1) is 12.1 Å². The van der Waals surface area contributed by atoms with E-state index in [2.05, 4.69) is 10.2 Å². The quantitative estimate of drug-likeness (QED) is 0.857. The van der Waals surface area contributed by atoms with Crippen LogP contribution in [0, 0.1) is 0 Å². The lowest BCUT2D eigenvalue weighted by atomic mass is 10.1. The highest BCUT2D eigenvalue weighted by Gasteiger charge is 2.47. The van der Waals surface area contributed by atoms with Gasteiger partial charge in [-0.15, -0.1) is 10.2 Å². The molecule has 1 N–H and O–H groups in total. The third-order valence-electron chi connectivity index (χ3n) is 3.43. The van der Waals surface area contributed by atoms with Crippen LogP contribution in [-0.2, 0) is 4.79 Å². The van der Waals surface area contributed by atoms with Gasteiger partial charge in [-0.25, -0.2) is 9.18 Å². The largest absolute Gasteiger partial charge is 0.479 e. The molecule has 0 aliphatic carbocycles. The van der Waals surface area contributed by atoms with E-state index < -0.39 is 24.1 Å². The molecule has 3 rings (SSSR count). The second-order valence-electron chi connectivity index (χ2n) is 4.76. The summed E-state index contributed by atoms with van der Waals surface area (Å²) in [4.78, 5) is 24.3. The number of hydrogen-bond acceptors (Lipinski definition) is 4. The number of aromatic nitrogens is 3. The van der Waals surface area contributed by atoms with Crippen LogP contribution in [0.2, 0.25) is 0 Å². The zero-order valence-corrected chi connectivity index (χ0v) is 10.4. The first kappa shape index (κ1) is 12.5. The van der Waals surface area contributed by atoms with E-state index in [9.17, 15) is 14.0 Å². The highest BCUT2D eigenvalue weighted by molar-refractivity contribution is 5.95. The lowest BCUT2D eigenvalue weighted by molar-refractivity contribution is -0.149. The summed E-state index contributed by atoms with van der Waals surface area (Å²) < 4.78 is 15.5. The number of amides is 1. The number of pyridine rings is 1. The third-order valence-corrected chi connectivity index (χ3v) is 3.43. The van der Waals surface area contributed by atoms with Gasteiger partial charge in [-0.05, 0) is 12.1 Å². The number of fused-ring (bicyclic) bond motifs is 1. The number of carboxylic acids is 1. The fraction of sp³-hybridized carbons (Fsp3) is 0.333. The summed E-state index contributed by atoms with van der Waals surface area (Å²) in [7, 11) is 0. The molecule has 1 amide bonds. The topological polar surface area (TPSA) is 87.8 Å². The van der Waals surface area contributed by atoms with Gasteiger partial charge in [0.15, 0.2) is 5.65 Å². The minimum absolute atomic E-state index is 0.0852. The normalized spacial score (nSPS) is 22.4. The van der Waals surface area contributed by atoms with Crippen molar-refractivity contribution >= 4 is 17.5 Å². The van der Waals surface area contributed by atoms with Crippen molar-refractivity contribution in [1.82, 2.24) is 19.5 Å². The van der Waals surface area contributed by atoms with Gasteiger partial charge >= 0.3 is 5.97 Å². The first-order valence-corrected chi connectivity index (χ1v) is 6.01. The SMILES string of the molecule is O=C(c1ccc2nncn2c1)N1CCC(F)(C(=O)O)C1. The first-order chi connectivity index (χ1) is 9.49. The zero-order valence-electron chi connectivity index (χ0n) is 10.4. The number of hydrogen-bond donors (Lipinski definition) is 1. The van der Waals surface area contributed by atoms with Crippen LogP contribution in [0.25, 0.3) is 5.65 Å². The monoisotopic (exact) mass is 278 g/mol. The number of aliphatic carboxylic acids is 1. The van der Waals surface area contributed by atoms with Crippen molar-refractivity contribution in [1.29, 1.82) is 0 Å². The van der Waals surface area contributed by atoms with E-state index in [-0.39, 0.29) is 13.0 Å². The number of alkyl halides is 1. The Morgan fingerprint density at radius 1 is 1.40 bits per heavy atom. The molecule has 1 fully saturated rings. The maximum absolute atomic E-state index is 13.9. The van der Waals surface area contributed by atoms with Crippen LogP contribution in [0.4, 0.5) is 4.39 Å². The van der Waals surface area contributed by atoms with Gasteiger partial charge in [0, 0.05) is 19.2 Å². The Morgan fingerprint density at radius 3 is 2.90 bits per heavy atom. The number of likely N-dealkylation sites (tertiary alicyclic amines) is 1. The van der Waals surface area contributed by atoms with E-state index in [1.54, 1.807) is 16.5 Å². The van der Waals surface area contributed by atoms with Crippen LogP contribution < -0.4 is 0 Å². The van der Waals surface area contributed by atoms with E-state index in [1.165, 1.54) is 17.4 Å². The fourth-order valence-corrected chi connectivity index (χ4v) is 2.26. The van der Waals surface area contributed by atoms with Crippen LogP contribution in [0.5, 0.6) is 0 Å². The predicted molar refractivity (Wildman–Crippen MR) is 65.0 cm³/mol. The molecule has 2 aromatic rings. The molecule has 3 heterocycles. The van der Waals surface area contributed by atoms with Crippen molar-refractivity contribution in [2.75, 3.05) is 13.1 Å². The third kappa shape index (κ3) is 1.89. The summed E-state index contributed by atoms with van der Waals surface area (Å²) in [5.74, 6) is -1.93. The van der Waals surface area contributed by atoms with Crippen molar-refractivity contribution < 1.29 is 19.1 Å². The smallest absolute Gasteiger partial charge is 0.343 e. The average Bonchev–Trinajstić information content (AvgIpc) is 3.04. The molecule has 8 heteroatoms. The molecule has 0 radical (unpaired) electrons. The highest BCUT2D eigenvalue weighted by atomic mass is 19.1. The molecule has 0 aromatic carbocycles.